The molecule has 0 aliphatic heterocycles. The predicted octanol–water partition coefficient (Wildman–Crippen LogP) is 6.02. The lowest BCUT2D eigenvalue weighted by atomic mass is 9.75. The fourth-order valence-electron chi connectivity index (χ4n) is 3.73. The third kappa shape index (κ3) is 3.38. The molecule has 0 aliphatic rings. The number of benzene rings is 3. The summed E-state index contributed by atoms with van der Waals surface area (Å²) in [6.07, 6.45) is 0. The molecule has 0 spiro atoms. The summed E-state index contributed by atoms with van der Waals surface area (Å²) in [5.74, 6) is -0.408. The zero-order valence-electron chi connectivity index (χ0n) is 17.0. The van der Waals surface area contributed by atoms with Gasteiger partial charge in [0.15, 0.2) is 5.60 Å². The number of esters is 1. The molecular formula is C26H26O2. The van der Waals surface area contributed by atoms with Gasteiger partial charge in [-0.2, -0.15) is 0 Å². The van der Waals surface area contributed by atoms with Gasteiger partial charge in [0.05, 0.1) is 0 Å². The SMILES string of the molecule is C=C(C)C(=O)OC(c1ccccc1C)(c1ccccc1C)c1ccccc1C. The second kappa shape index (κ2) is 7.85. The third-order valence-electron chi connectivity index (χ3n) is 5.17. The second-order valence-corrected chi connectivity index (χ2v) is 7.30. The highest BCUT2D eigenvalue weighted by molar-refractivity contribution is 5.88. The molecule has 3 rings (SSSR count). The van der Waals surface area contributed by atoms with Crippen LogP contribution in [-0.2, 0) is 15.1 Å². The molecule has 0 atom stereocenters. The van der Waals surface area contributed by atoms with Crippen LogP contribution in [0.15, 0.2) is 84.9 Å². The van der Waals surface area contributed by atoms with E-state index in [-0.39, 0.29) is 0 Å². The van der Waals surface area contributed by atoms with E-state index in [2.05, 4.69) is 45.5 Å². The van der Waals surface area contributed by atoms with Gasteiger partial charge in [0.1, 0.15) is 0 Å². The molecule has 0 aromatic heterocycles. The van der Waals surface area contributed by atoms with Crippen LogP contribution in [0.1, 0.15) is 40.3 Å². The molecule has 3 aromatic carbocycles. The van der Waals surface area contributed by atoms with E-state index in [0.29, 0.717) is 5.57 Å². The smallest absolute Gasteiger partial charge is 0.334 e. The van der Waals surface area contributed by atoms with Crippen molar-refractivity contribution in [2.45, 2.75) is 33.3 Å². The zero-order valence-corrected chi connectivity index (χ0v) is 17.0. The minimum atomic E-state index is -1.06. The van der Waals surface area contributed by atoms with Gasteiger partial charge in [0, 0.05) is 22.3 Å². The van der Waals surface area contributed by atoms with Crippen molar-refractivity contribution in [3.8, 4) is 0 Å². The average molecular weight is 370 g/mol. The van der Waals surface area contributed by atoms with Crippen molar-refractivity contribution >= 4 is 5.97 Å². The first-order valence-electron chi connectivity index (χ1n) is 9.45. The van der Waals surface area contributed by atoms with Gasteiger partial charge in [-0.1, -0.05) is 79.4 Å². The first kappa shape index (κ1) is 19.6. The maximum absolute atomic E-state index is 12.9. The maximum atomic E-state index is 12.9. The van der Waals surface area contributed by atoms with E-state index in [1.807, 2.05) is 54.6 Å². The molecule has 0 unspecified atom stereocenters. The lowest BCUT2D eigenvalue weighted by molar-refractivity contribution is -0.148. The van der Waals surface area contributed by atoms with E-state index in [9.17, 15) is 4.79 Å². The number of hydrogen-bond acceptors (Lipinski definition) is 2. The predicted molar refractivity (Wildman–Crippen MR) is 114 cm³/mol. The number of rotatable bonds is 5. The maximum Gasteiger partial charge on any atom is 0.334 e. The summed E-state index contributed by atoms with van der Waals surface area (Å²) in [5, 5.41) is 0. The van der Waals surface area contributed by atoms with Crippen LogP contribution in [0.4, 0.5) is 0 Å². The van der Waals surface area contributed by atoms with Crippen LogP contribution in [0.5, 0.6) is 0 Å². The van der Waals surface area contributed by atoms with E-state index < -0.39 is 11.6 Å². The number of carbonyl (C=O) groups excluding carboxylic acids is 1. The highest BCUT2D eigenvalue weighted by atomic mass is 16.6. The van der Waals surface area contributed by atoms with Crippen molar-refractivity contribution < 1.29 is 9.53 Å². The Morgan fingerprint density at radius 2 is 1.04 bits per heavy atom. The largest absolute Gasteiger partial charge is 0.441 e. The van der Waals surface area contributed by atoms with E-state index in [1.54, 1.807) is 6.92 Å². The monoisotopic (exact) mass is 370 g/mol. The summed E-state index contributed by atoms with van der Waals surface area (Å²) in [6.45, 7) is 11.6. The van der Waals surface area contributed by atoms with Gasteiger partial charge >= 0.3 is 5.97 Å². The van der Waals surface area contributed by atoms with Gasteiger partial charge in [-0.15, -0.1) is 0 Å². The average Bonchev–Trinajstić information content (AvgIpc) is 2.67. The Balaban J connectivity index is 2.47. The second-order valence-electron chi connectivity index (χ2n) is 7.30. The van der Waals surface area contributed by atoms with Gasteiger partial charge in [0.2, 0.25) is 0 Å². The molecule has 0 radical (unpaired) electrons. The van der Waals surface area contributed by atoms with Gasteiger partial charge in [-0.3, -0.25) is 0 Å². The van der Waals surface area contributed by atoms with Crippen molar-refractivity contribution in [2.75, 3.05) is 0 Å². The molecule has 28 heavy (non-hydrogen) atoms. The lowest BCUT2D eigenvalue weighted by Gasteiger charge is -2.38. The molecule has 2 nitrogen and oxygen atoms in total. The standard InChI is InChI=1S/C26H26O2/c1-18(2)25(27)28-26(22-15-9-6-12-19(22)3,23-16-10-7-13-20(23)4)24-17-11-8-14-21(24)5/h6-17H,1H2,2-5H3. The van der Waals surface area contributed by atoms with Gasteiger partial charge in [-0.05, 0) is 44.4 Å². The quantitative estimate of drug-likeness (QED) is 0.312. The molecule has 0 saturated heterocycles. The van der Waals surface area contributed by atoms with Crippen molar-refractivity contribution in [1.29, 1.82) is 0 Å². The molecule has 3 aromatic rings. The molecule has 0 amide bonds. The van der Waals surface area contributed by atoms with Crippen LogP contribution in [0.25, 0.3) is 0 Å². The van der Waals surface area contributed by atoms with Crippen LogP contribution >= 0.6 is 0 Å². The Kier molecular flexibility index (Phi) is 5.51. The minimum Gasteiger partial charge on any atom is -0.441 e. The van der Waals surface area contributed by atoms with Crippen molar-refractivity contribution in [3.05, 3.63) is 118 Å². The summed E-state index contributed by atoms with van der Waals surface area (Å²) in [4.78, 5) is 12.9. The molecule has 0 heterocycles. The van der Waals surface area contributed by atoms with Gasteiger partial charge in [0.25, 0.3) is 0 Å². The molecular weight excluding hydrogens is 344 g/mol. The van der Waals surface area contributed by atoms with Crippen LogP contribution < -0.4 is 0 Å². The molecule has 142 valence electrons. The van der Waals surface area contributed by atoms with Crippen molar-refractivity contribution in [2.24, 2.45) is 0 Å². The minimum absolute atomic E-state index is 0.375. The zero-order chi connectivity index (χ0) is 20.3. The fourth-order valence-corrected chi connectivity index (χ4v) is 3.73. The third-order valence-corrected chi connectivity index (χ3v) is 5.17. The molecule has 0 N–H and O–H groups in total. The number of ether oxygens (including phenoxy) is 1. The van der Waals surface area contributed by atoms with Crippen LogP contribution in [0, 0.1) is 20.8 Å². The molecule has 0 bridgehead atoms. The van der Waals surface area contributed by atoms with E-state index in [4.69, 9.17) is 4.74 Å². The van der Waals surface area contributed by atoms with Crippen LogP contribution in [0.3, 0.4) is 0 Å². The summed E-state index contributed by atoms with van der Waals surface area (Å²) in [5.41, 5.74) is 5.35. The first-order chi connectivity index (χ1) is 13.4. The van der Waals surface area contributed by atoms with Crippen LogP contribution in [-0.4, -0.2) is 5.97 Å². The first-order valence-corrected chi connectivity index (χ1v) is 9.45. The summed E-state index contributed by atoms with van der Waals surface area (Å²) in [6, 6.07) is 24.2. The number of carbonyl (C=O) groups is 1. The molecule has 0 aliphatic carbocycles. The van der Waals surface area contributed by atoms with Crippen LogP contribution in [0.2, 0.25) is 0 Å². The van der Waals surface area contributed by atoms with E-state index in [0.717, 1.165) is 33.4 Å². The summed E-state index contributed by atoms with van der Waals surface area (Å²) in [7, 11) is 0. The Morgan fingerprint density at radius 3 is 1.32 bits per heavy atom. The lowest BCUT2D eigenvalue weighted by Crippen LogP contribution is -2.37. The normalized spacial score (nSPS) is 11.1. The highest BCUT2D eigenvalue weighted by Gasteiger charge is 2.43. The fraction of sp³-hybridized carbons (Fsp3) is 0.192. The Morgan fingerprint density at radius 1 is 0.714 bits per heavy atom. The van der Waals surface area contributed by atoms with Crippen molar-refractivity contribution in [1.82, 2.24) is 0 Å². The van der Waals surface area contributed by atoms with E-state index >= 15 is 0 Å². The Bertz CT molecular complexity index is 919. The Hall–Kier alpha value is -3.13. The van der Waals surface area contributed by atoms with Gasteiger partial charge < -0.3 is 4.74 Å². The van der Waals surface area contributed by atoms with Gasteiger partial charge in [-0.25, -0.2) is 4.79 Å². The van der Waals surface area contributed by atoms with E-state index in [1.165, 1.54) is 0 Å². The Labute approximate surface area is 167 Å². The molecule has 0 saturated carbocycles. The number of aryl methyl sites for hydroxylation is 3. The topological polar surface area (TPSA) is 26.3 Å². The summed E-state index contributed by atoms with van der Waals surface area (Å²) < 4.78 is 6.36. The molecule has 0 fully saturated rings. The number of hydrogen-bond donors (Lipinski definition) is 0. The summed E-state index contributed by atoms with van der Waals surface area (Å²) >= 11 is 0. The molecule has 2 heteroatoms. The highest BCUT2D eigenvalue weighted by Crippen LogP contribution is 2.44. The van der Waals surface area contributed by atoms with Crippen molar-refractivity contribution in [3.63, 3.8) is 0 Å².